The van der Waals surface area contributed by atoms with E-state index in [0.29, 0.717) is 5.75 Å². The molecule has 0 unspecified atom stereocenters. The molecule has 1 rings (SSSR count). The van der Waals surface area contributed by atoms with E-state index in [1.165, 1.54) is 18.1 Å². The molecular formula is C15H20N2O4S. The van der Waals surface area contributed by atoms with Gasteiger partial charge in [0.15, 0.2) is 6.10 Å². The average molecular weight is 324 g/mol. The van der Waals surface area contributed by atoms with Crippen molar-refractivity contribution in [3.8, 4) is 0 Å². The highest BCUT2D eigenvalue weighted by Gasteiger charge is 2.18. The van der Waals surface area contributed by atoms with Gasteiger partial charge in [-0.15, -0.1) is 11.8 Å². The summed E-state index contributed by atoms with van der Waals surface area (Å²) in [6.45, 7) is 5.46. The third kappa shape index (κ3) is 6.17. The Balaban J connectivity index is 2.35. The van der Waals surface area contributed by atoms with Crippen molar-refractivity contribution in [2.45, 2.75) is 38.2 Å². The molecule has 0 saturated heterocycles. The van der Waals surface area contributed by atoms with Crippen LogP contribution in [-0.2, 0) is 14.3 Å². The second kappa shape index (κ2) is 8.43. The SMILES string of the molecule is Cc1ccc(SCCC(=O)O[C@H](C)C(=O)NC(N)=O)cc1C. The van der Waals surface area contributed by atoms with Crippen LogP contribution in [0.5, 0.6) is 0 Å². The van der Waals surface area contributed by atoms with E-state index in [0.717, 1.165) is 4.90 Å². The van der Waals surface area contributed by atoms with E-state index < -0.39 is 24.0 Å². The van der Waals surface area contributed by atoms with Gasteiger partial charge >= 0.3 is 12.0 Å². The molecule has 0 aliphatic heterocycles. The molecular weight excluding hydrogens is 304 g/mol. The van der Waals surface area contributed by atoms with Crippen molar-refractivity contribution in [3.05, 3.63) is 29.3 Å². The number of primary amides is 1. The fourth-order valence-electron chi connectivity index (χ4n) is 1.59. The predicted molar refractivity (Wildman–Crippen MR) is 84.5 cm³/mol. The van der Waals surface area contributed by atoms with Crippen LogP contribution in [0.25, 0.3) is 0 Å². The van der Waals surface area contributed by atoms with Crippen molar-refractivity contribution in [3.63, 3.8) is 0 Å². The van der Waals surface area contributed by atoms with E-state index in [2.05, 4.69) is 6.07 Å². The van der Waals surface area contributed by atoms with Crippen molar-refractivity contribution in [2.24, 2.45) is 5.73 Å². The normalized spacial score (nSPS) is 11.6. The summed E-state index contributed by atoms with van der Waals surface area (Å²) < 4.78 is 4.92. The Morgan fingerprint density at radius 1 is 1.27 bits per heavy atom. The molecule has 0 aromatic heterocycles. The van der Waals surface area contributed by atoms with Crippen LogP contribution in [-0.4, -0.2) is 29.8 Å². The average Bonchev–Trinajstić information content (AvgIpc) is 2.42. The molecule has 3 N–H and O–H groups in total. The lowest BCUT2D eigenvalue weighted by Gasteiger charge is -2.12. The Hall–Kier alpha value is -2.02. The van der Waals surface area contributed by atoms with Crippen molar-refractivity contribution >= 4 is 29.7 Å². The molecule has 0 radical (unpaired) electrons. The Labute approximate surface area is 133 Å². The Bertz CT molecular complexity index is 575. The Morgan fingerprint density at radius 3 is 2.55 bits per heavy atom. The number of carbonyl (C=O) groups is 3. The third-order valence-electron chi connectivity index (χ3n) is 2.98. The standard InChI is InChI=1S/C15H20N2O4S/c1-9-4-5-12(8-10(9)2)22-7-6-13(18)21-11(3)14(19)17-15(16)20/h4-5,8,11H,6-7H2,1-3H3,(H3,16,17,19,20)/t11-/m1/s1. The molecule has 0 fully saturated rings. The van der Waals surface area contributed by atoms with Gasteiger partial charge in [-0.05, 0) is 44.0 Å². The van der Waals surface area contributed by atoms with Crippen LogP contribution in [0, 0.1) is 13.8 Å². The van der Waals surface area contributed by atoms with Crippen LogP contribution >= 0.6 is 11.8 Å². The van der Waals surface area contributed by atoms with Crippen molar-refractivity contribution in [2.75, 3.05) is 5.75 Å². The van der Waals surface area contributed by atoms with E-state index in [9.17, 15) is 14.4 Å². The lowest BCUT2D eigenvalue weighted by Crippen LogP contribution is -2.42. The van der Waals surface area contributed by atoms with E-state index in [4.69, 9.17) is 10.5 Å². The van der Waals surface area contributed by atoms with Gasteiger partial charge in [-0.2, -0.15) is 0 Å². The first-order valence-electron chi connectivity index (χ1n) is 6.79. The monoisotopic (exact) mass is 324 g/mol. The molecule has 1 atom stereocenters. The number of nitrogens with two attached hydrogens (primary N) is 1. The maximum atomic E-state index is 11.6. The number of carbonyl (C=O) groups excluding carboxylic acids is 3. The summed E-state index contributed by atoms with van der Waals surface area (Å²) in [6.07, 6.45) is -0.877. The summed E-state index contributed by atoms with van der Waals surface area (Å²) in [5.74, 6) is -0.683. The summed E-state index contributed by atoms with van der Waals surface area (Å²) in [7, 11) is 0. The maximum absolute atomic E-state index is 11.6. The molecule has 0 spiro atoms. The number of imide groups is 1. The molecule has 0 aliphatic rings. The number of rotatable bonds is 6. The van der Waals surface area contributed by atoms with Crippen LogP contribution in [0.1, 0.15) is 24.5 Å². The highest BCUT2D eigenvalue weighted by molar-refractivity contribution is 7.99. The molecule has 1 aromatic carbocycles. The first-order chi connectivity index (χ1) is 10.3. The molecule has 0 saturated carbocycles. The van der Waals surface area contributed by atoms with Crippen LogP contribution < -0.4 is 11.1 Å². The topological polar surface area (TPSA) is 98.5 Å². The lowest BCUT2D eigenvalue weighted by molar-refractivity contribution is -0.154. The minimum atomic E-state index is -1.05. The number of hydrogen-bond donors (Lipinski definition) is 2. The number of aryl methyl sites for hydroxylation is 2. The molecule has 0 bridgehead atoms. The van der Waals surface area contributed by atoms with Crippen LogP contribution in [0.2, 0.25) is 0 Å². The van der Waals surface area contributed by atoms with E-state index in [-0.39, 0.29) is 6.42 Å². The van der Waals surface area contributed by atoms with Crippen molar-refractivity contribution in [1.82, 2.24) is 5.32 Å². The molecule has 1 aromatic rings. The first-order valence-corrected chi connectivity index (χ1v) is 7.78. The summed E-state index contributed by atoms with van der Waals surface area (Å²) in [6, 6.07) is 5.13. The smallest absolute Gasteiger partial charge is 0.318 e. The third-order valence-corrected chi connectivity index (χ3v) is 3.97. The number of amides is 3. The largest absolute Gasteiger partial charge is 0.453 e. The number of ether oxygens (including phenoxy) is 1. The second-order valence-electron chi connectivity index (χ2n) is 4.83. The number of benzene rings is 1. The van der Waals surface area contributed by atoms with Gasteiger partial charge in [-0.25, -0.2) is 4.79 Å². The van der Waals surface area contributed by atoms with Gasteiger partial charge in [-0.1, -0.05) is 6.07 Å². The van der Waals surface area contributed by atoms with Gasteiger partial charge in [0.05, 0.1) is 6.42 Å². The molecule has 0 heterocycles. The zero-order chi connectivity index (χ0) is 16.7. The van der Waals surface area contributed by atoms with Crippen molar-refractivity contribution in [1.29, 1.82) is 0 Å². The zero-order valence-electron chi connectivity index (χ0n) is 12.8. The maximum Gasteiger partial charge on any atom is 0.318 e. The number of hydrogen-bond acceptors (Lipinski definition) is 5. The minimum Gasteiger partial charge on any atom is -0.453 e. The number of esters is 1. The van der Waals surface area contributed by atoms with Gasteiger partial charge < -0.3 is 10.5 Å². The summed E-state index contributed by atoms with van der Waals surface area (Å²) in [5, 5.41) is 1.86. The fraction of sp³-hybridized carbons (Fsp3) is 0.400. The fourth-order valence-corrected chi connectivity index (χ4v) is 2.52. The molecule has 7 heteroatoms. The molecule has 22 heavy (non-hydrogen) atoms. The molecule has 6 nitrogen and oxygen atoms in total. The van der Waals surface area contributed by atoms with Gasteiger partial charge in [-0.3, -0.25) is 14.9 Å². The van der Waals surface area contributed by atoms with E-state index >= 15 is 0 Å². The highest BCUT2D eigenvalue weighted by Crippen LogP contribution is 2.21. The van der Waals surface area contributed by atoms with E-state index in [1.54, 1.807) is 11.8 Å². The Morgan fingerprint density at radius 2 is 1.95 bits per heavy atom. The van der Waals surface area contributed by atoms with Gasteiger partial charge in [0, 0.05) is 10.6 Å². The number of nitrogens with one attached hydrogen (secondary N) is 1. The first kappa shape index (κ1) is 18.0. The summed E-state index contributed by atoms with van der Waals surface area (Å²) in [4.78, 5) is 34.6. The van der Waals surface area contributed by atoms with Gasteiger partial charge in [0.25, 0.3) is 5.91 Å². The molecule has 120 valence electrons. The lowest BCUT2D eigenvalue weighted by atomic mass is 10.1. The number of urea groups is 1. The molecule has 3 amide bonds. The quantitative estimate of drug-likeness (QED) is 0.615. The zero-order valence-corrected chi connectivity index (χ0v) is 13.7. The van der Waals surface area contributed by atoms with Gasteiger partial charge in [0.2, 0.25) is 0 Å². The Kier molecular flexibility index (Phi) is 6.91. The highest BCUT2D eigenvalue weighted by atomic mass is 32.2. The number of thioether (sulfide) groups is 1. The van der Waals surface area contributed by atoms with E-state index in [1.807, 2.05) is 31.3 Å². The van der Waals surface area contributed by atoms with Crippen LogP contribution in [0.3, 0.4) is 0 Å². The van der Waals surface area contributed by atoms with Crippen molar-refractivity contribution < 1.29 is 19.1 Å². The predicted octanol–water partition coefficient (Wildman–Crippen LogP) is 1.91. The van der Waals surface area contributed by atoms with Crippen LogP contribution in [0.4, 0.5) is 4.79 Å². The summed E-state index contributed by atoms with van der Waals surface area (Å²) >= 11 is 1.54. The van der Waals surface area contributed by atoms with Crippen LogP contribution in [0.15, 0.2) is 23.1 Å². The molecule has 0 aliphatic carbocycles. The minimum absolute atomic E-state index is 0.172. The summed E-state index contributed by atoms with van der Waals surface area (Å²) in [5.41, 5.74) is 7.23. The van der Waals surface area contributed by atoms with Gasteiger partial charge in [0.1, 0.15) is 0 Å². The second-order valence-corrected chi connectivity index (χ2v) is 6.00.